The second-order valence-electron chi connectivity index (χ2n) is 5.73. The van der Waals surface area contributed by atoms with E-state index < -0.39 is 0 Å². The van der Waals surface area contributed by atoms with Crippen molar-refractivity contribution in [2.24, 2.45) is 7.05 Å². The minimum Gasteiger partial charge on any atom is -0.338 e. The summed E-state index contributed by atoms with van der Waals surface area (Å²) in [5, 5.41) is 2.98. The fourth-order valence-electron chi connectivity index (χ4n) is 2.69. The normalized spacial score (nSPS) is 12.7. The summed E-state index contributed by atoms with van der Waals surface area (Å²) in [6.07, 6.45) is 5.06. The van der Waals surface area contributed by atoms with Crippen LogP contribution in [0.3, 0.4) is 0 Å². The molecule has 2 rings (SSSR count). The molecule has 0 aliphatic heterocycles. The van der Waals surface area contributed by atoms with Crippen molar-refractivity contribution < 1.29 is 5.32 Å². The summed E-state index contributed by atoms with van der Waals surface area (Å²) in [4.78, 5) is 17.1. The van der Waals surface area contributed by atoms with Gasteiger partial charge in [-0.3, -0.25) is 9.36 Å². The van der Waals surface area contributed by atoms with Gasteiger partial charge >= 0.3 is 0 Å². The summed E-state index contributed by atoms with van der Waals surface area (Å²) >= 11 is 0. The lowest BCUT2D eigenvalue weighted by Gasteiger charge is -2.14. The Morgan fingerprint density at radius 2 is 2.00 bits per heavy atom. The van der Waals surface area contributed by atoms with E-state index in [1.54, 1.807) is 4.57 Å². The smallest absolute Gasteiger partial charge is 0.261 e. The lowest BCUT2D eigenvalue weighted by molar-refractivity contribution is -0.694. The third-order valence-corrected chi connectivity index (χ3v) is 4.00. The molecular weight excluding hydrogens is 262 g/mol. The van der Waals surface area contributed by atoms with Crippen LogP contribution in [-0.2, 0) is 7.05 Å². The molecule has 2 aromatic rings. The van der Waals surface area contributed by atoms with Gasteiger partial charge in [0.1, 0.15) is 6.04 Å². The van der Waals surface area contributed by atoms with Crippen molar-refractivity contribution >= 4 is 10.9 Å². The van der Waals surface area contributed by atoms with E-state index in [-0.39, 0.29) is 11.6 Å². The molecular formula is C17H26N3O+. The SMILES string of the molecule is CCCCCC[NH2+][C@H](C)c1nc2ccccc2c(=O)n1C. The Morgan fingerprint density at radius 3 is 2.76 bits per heavy atom. The first kappa shape index (κ1) is 15.7. The predicted molar refractivity (Wildman–Crippen MR) is 86.3 cm³/mol. The molecule has 4 heteroatoms. The van der Waals surface area contributed by atoms with E-state index in [0.717, 1.165) is 17.9 Å². The van der Waals surface area contributed by atoms with Crippen molar-refractivity contribution in [1.29, 1.82) is 0 Å². The maximum atomic E-state index is 12.4. The average Bonchev–Trinajstić information content (AvgIpc) is 2.50. The quantitative estimate of drug-likeness (QED) is 0.794. The Bertz CT molecular complexity index is 648. The molecule has 0 spiro atoms. The van der Waals surface area contributed by atoms with E-state index in [2.05, 4.69) is 24.1 Å². The Kier molecular flexibility index (Phi) is 5.51. The number of quaternary nitrogens is 1. The van der Waals surface area contributed by atoms with Gasteiger partial charge in [0.2, 0.25) is 0 Å². The van der Waals surface area contributed by atoms with E-state index in [1.165, 1.54) is 25.7 Å². The van der Waals surface area contributed by atoms with Gasteiger partial charge in [-0.15, -0.1) is 0 Å². The molecule has 0 aliphatic rings. The second kappa shape index (κ2) is 7.36. The van der Waals surface area contributed by atoms with Gasteiger partial charge in [0.15, 0.2) is 5.82 Å². The molecule has 1 atom stereocenters. The van der Waals surface area contributed by atoms with Crippen molar-refractivity contribution in [3.63, 3.8) is 0 Å². The van der Waals surface area contributed by atoms with Gasteiger partial charge in [-0.1, -0.05) is 31.9 Å². The first-order chi connectivity index (χ1) is 10.1. The molecule has 114 valence electrons. The maximum Gasteiger partial charge on any atom is 0.261 e. The molecule has 0 saturated heterocycles. The van der Waals surface area contributed by atoms with Crippen molar-refractivity contribution in [2.45, 2.75) is 45.6 Å². The minimum atomic E-state index is 0.0434. The number of hydrogen-bond acceptors (Lipinski definition) is 2. The molecule has 0 bridgehead atoms. The Balaban J connectivity index is 2.14. The van der Waals surface area contributed by atoms with Gasteiger partial charge in [0, 0.05) is 7.05 Å². The number of unbranched alkanes of at least 4 members (excludes halogenated alkanes) is 3. The van der Waals surface area contributed by atoms with Crippen LogP contribution in [0.4, 0.5) is 0 Å². The van der Waals surface area contributed by atoms with Crippen LogP contribution in [0.2, 0.25) is 0 Å². The lowest BCUT2D eigenvalue weighted by atomic mass is 10.2. The number of fused-ring (bicyclic) bond motifs is 1. The van der Waals surface area contributed by atoms with Gasteiger partial charge < -0.3 is 5.32 Å². The van der Waals surface area contributed by atoms with Crippen molar-refractivity contribution in [2.75, 3.05) is 6.54 Å². The zero-order chi connectivity index (χ0) is 15.2. The van der Waals surface area contributed by atoms with Crippen molar-refractivity contribution in [1.82, 2.24) is 9.55 Å². The third kappa shape index (κ3) is 3.70. The van der Waals surface area contributed by atoms with Gasteiger partial charge in [-0.05, 0) is 31.9 Å². The summed E-state index contributed by atoms with van der Waals surface area (Å²) in [5.74, 6) is 0.856. The first-order valence-electron chi connectivity index (χ1n) is 7.94. The summed E-state index contributed by atoms with van der Waals surface area (Å²) < 4.78 is 1.69. The number of aromatic nitrogens is 2. The Labute approximate surface area is 126 Å². The van der Waals surface area contributed by atoms with Crippen LogP contribution >= 0.6 is 0 Å². The zero-order valence-electron chi connectivity index (χ0n) is 13.3. The summed E-state index contributed by atoms with van der Waals surface area (Å²) in [6.45, 7) is 5.43. The van der Waals surface area contributed by atoms with E-state index in [0.29, 0.717) is 5.39 Å². The second-order valence-corrected chi connectivity index (χ2v) is 5.73. The largest absolute Gasteiger partial charge is 0.338 e. The van der Waals surface area contributed by atoms with Gasteiger partial charge in [-0.2, -0.15) is 0 Å². The molecule has 4 nitrogen and oxygen atoms in total. The average molecular weight is 288 g/mol. The molecule has 0 radical (unpaired) electrons. The summed E-state index contributed by atoms with van der Waals surface area (Å²) in [7, 11) is 1.82. The van der Waals surface area contributed by atoms with Crippen LogP contribution in [0.5, 0.6) is 0 Å². The fraction of sp³-hybridized carbons (Fsp3) is 0.529. The number of rotatable bonds is 7. The molecule has 1 heterocycles. The van der Waals surface area contributed by atoms with E-state index in [9.17, 15) is 4.79 Å². The molecule has 0 aliphatic carbocycles. The third-order valence-electron chi connectivity index (χ3n) is 4.00. The molecule has 0 unspecified atom stereocenters. The monoisotopic (exact) mass is 288 g/mol. The molecule has 0 amide bonds. The highest BCUT2D eigenvalue weighted by Crippen LogP contribution is 2.10. The summed E-state index contributed by atoms with van der Waals surface area (Å²) in [6, 6.07) is 7.77. The number of benzene rings is 1. The number of nitrogens with two attached hydrogens (primary N) is 1. The number of para-hydroxylation sites is 1. The maximum absolute atomic E-state index is 12.4. The number of nitrogens with zero attached hydrogens (tertiary/aromatic N) is 2. The minimum absolute atomic E-state index is 0.0434. The van der Waals surface area contributed by atoms with Crippen molar-refractivity contribution in [3.05, 3.63) is 40.4 Å². The van der Waals surface area contributed by atoms with Gasteiger partial charge in [0.25, 0.3) is 5.56 Å². The van der Waals surface area contributed by atoms with E-state index in [4.69, 9.17) is 0 Å². The summed E-state index contributed by atoms with van der Waals surface area (Å²) in [5.41, 5.74) is 0.837. The van der Waals surface area contributed by atoms with Crippen LogP contribution < -0.4 is 10.9 Å². The van der Waals surface area contributed by atoms with Crippen LogP contribution in [0.15, 0.2) is 29.1 Å². The highest BCUT2D eigenvalue weighted by atomic mass is 16.1. The molecule has 2 N–H and O–H groups in total. The Hall–Kier alpha value is -1.68. The lowest BCUT2D eigenvalue weighted by Crippen LogP contribution is -2.85. The number of hydrogen-bond donors (Lipinski definition) is 1. The molecule has 21 heavy (non-hydrogen) atoms. The first-order valence-corrected chi connectivity index (χ1v) is 7.94. The molecule has 0 saturated carbocycles. The molecule has 1 aromatic carbocycles. The van der Waals surface area contributed by atoms with E-state index >= 15 is 0 Å². The van der Waals surface area contributed by atoms with E-state index in [1.807, 2.05) is 31.3 Å². The van der Waals surface area contributed by atoms with Crippen molar-refractivity contribution in [3.8, 4) is 0 Å². The van der Waals surface area contributed by atoms with Crippen LogP contribution in [0.1, 0.15) is 51.4 Å². The zero-order valence-corrected chi connectivity index (χ0v) is 13.3. The molecule has 1 aromatic heterocycles. The Morgan fingerprint density at radius 1 is 1.24 bits per heavy atom. The standard InChI is InChI=1S/C17H25N3O/c1-4-5-6-9-12-18-13(2)16-19-15-11-8-7-10-14(15)17(21)20(16)3/h7-8,10-11,13,18H,4-6,9,12H2,1-3H3/p+1/t13-/m1/s1. The van der Waals surface area contributed by atoms with Crippen LogP contribution in [-0.4, -0.2) is 16.1 Å². The van der Waals surface area contributed by atoms with Crippen LogP contribution in [0, 0.1) is 0 Å². The van der Waals surface area contributed by atoms with Gasteiger partial charge in [0.05, 0.1) is 17.4 Å². The van der Waals surface area contributed by atoms with Crippen LogP contribution in [0.25, 0.3) is 10.9 Å². The topological polar surface area (TPSA) is 51.5 Å². The van der Waals surface area contributed by atoms with Gasteiger partial charge in [-0.25, -0.2) is 4.98 Å². The fourth-order valence-corrected chi connectivity index (χ4v) is 2.69. The highest BCUT2D eigenvalue weighted by molar-refractivity contribution is 5.77. The predicted octanol–water partition coefficient (Wildman–Crippen LogP) is 2.14. The highest BCUT2D eigenvalue weighted by Gasteiger charge is 2.16. The molecule has 0 fully saturated rings.